The van der Waals surface area contributed by atoms with Crippen molar-refractivity contribution in [2.45, 2.75) is 26.2 Å². The summed E-state index contributed by atoms with van der Waals surface area (Å²) in [6.07, 6.45) is 1.89. The van der Waals surface area contributed by atoms with Crippen LogP contribution in [0.2, 0.25) is 0 Å². The van der Waals surface area contributed by atoms with E-state index >= 15 is 0 Å². The van der Waals surface area contributed by atoms with Crippen molar-refractivity contribution in [1.82, 2.24) is 15.0 Å². The summed E-state index contributed by atoms with van der Waals surface area (Å²) in [5.41, 5.74) is 17.4. The fraction of sp³-hybridized carbons (Fsp3) is 0.0816. The van der Waals surface area contributed by atoms with Gasteiger partial charge in [-0.3, -0.25) is 4.98 Å². The Hall–Kier alpha value is -6.65. The highest BCUT2D eigenvalue weighted by Crippen LogP contribution is 2.62. The van der Waals surface area contributed by atoms with Gasteiger partial charge in [0.05, 0.1) is 16.8 Å². The van der Waals surface area contributed by atoms with Crippen LogP contribution in [0.25, 0.3) is 55.9 Å². The van der Waals surface area contributed by atoms with E-state index in [0.717, 1.165) is 73.3 Å². The van der Waals surface area contributed by atoms with E-state index in [1.807, 2.05) is 13.1 Å². The maximum Gasteiger partial charge on any atom is 0.132 e. The molecule has 4 nitrogen and oxygen atoms in total. The molecule has 2 aromatic heterocycles. The van der Waals surface area contributed by atoms with E-state index in [-0.39, 0.29) is 0 Å². The quantitative estimate of drug-likeness (QED) is 0.185. The third-order valence-electron chi connectivity index (χ3n) is 11.0. The molecule has 0 bridgehead atoms. The predicted molar refractivity (Wildman–Crippen MR) is 213 cm³/mol. The molecule has 8 aromatic rings. The fourth-order valence-electron chi connectivity index (χ4n) is 8.78. The lowest BCUT2D eigenvalue weighted by Gasteiger charge is -2.39. The maximum atomic E-state index is 6.62. The molecule has 3 heterocycles. The van der Waals surface area contributed by atoms with Crippen molar-refractivity contribution in [2.75, 3.05) is 0 Å². The van der Waals surface area contributed by atoms with Crippen LogP contribution in [0.4, 0.5) is 0 Å². The van der Waals surface area contributed by atoms with Gasteiger partial charge in [-0.25, -0.2) is 9.97 Å². The van der Waals surface area contributed by atoms with Crippen LogP contribution in [0.3, 0.4) is 0 Å². The summed E-state index contributed by atoms with van der Waals surface area (Å²) in [5.74, 6) is 2.49. The first kappa shape index (κ1) is 31.1. The van der Waals surface area contributed by atoms with Crippen LogP contribution in [0.15, 0.2) is 158 Å². The van der Waals surface area contributed by atoms with Crippen molar-refractivity contribution in [3.05, 3.63) is 197 Å². The Balaban J connectivity index is 1.21. The minimum absolute atomic E-state index is 0.587. The second-order valence-electron chi connectivity index (χ2n) is 14.1. The van der Waals surface area contributed by atoms with E-state index in [1.54, 1.807) is 0 Å². The predicted octanol–water partition coefficient (Wildman–Crippen LogP) is 11.9. The average Bonchev–Trinajstić information content (AvgIpc) is 3.47. The second kappa shape index (κ2) is 12.0. The SMILES string of the molecule is Cc1nc(-c2ccc3c(c2)-c2ccc(-c4c(C)ccnc4C)cc2C32c3ccccc3Oc3ccccc32)cc(-c2ccccc2-c2ccccc2)n1. The molecule has 0 radical (unpaired) electrons. The van der Waals surface area contributed by atoms with Gasteiger partial charge in [0.25, 0.3) is 0 Å². The molecule has 0 amide bonds. The van der Waals surface area contributed by atoms with Crippen molar-refractivity contribution in [3.63, 3.8) is 0 Å². The van der Waals surface area contributed by atoms with Crippen molar-refractivity contribution < 1.29 is 4.74 Å². The Morgan fingerprint density at radius 2 is 1.11 bits per heavy atom. The summed E-state index contributed by atoms with van der Waals surface area (Å²) in [6.45, 7) is 6.25. The van der Waals surface area contributed by atoms with Gasteiger partial charge >= 0.3 is 0 Å². The zero-order valence-electron chi connectivity index (χ0n) is 29.8. The molecule has 10 rings (SSSR count). The van der Waals surface area contributed by atoms with Crippen molar-refractivity contribution >= 4 is 0 Å². The smallest absolute Gasteiger partial charge is 0.132 e. The molecule has 1 aliphatic carbocycles. The van der Waals surface area contributed by atoms with Gasteiger partial charge in [0.2, 0.25) is 0 Å². The normalized spacial score (nSPS) is 13.1. The zero-order chi connectivity index (χ0) is 35.7. The molecule has 4 heteroatoms. The minimum atomic E-state index is -0.587. The van der Waals surface area contributed by atoms with Crippen LogP contribution in [0.5, 0.6) is 11.5 Å². The van der Waals surface area contributed by atoms with Crippen LogP contribution >= 0.6 is 0 Å². The molecule has 2 aliphatic rings. The van der Waals surface area contributed by atoms with E-state index < -0.39 is 5.41 Å². The van der Waals surface area contributed by atoms with Gasteiger partial charge in [0, 0.05) is 39.7 Å². The number of fused-ring (bicyclic) bond motifs is 9. The van der Waals surface area contributed by atoms with E-state index in [9.17, 15) is 0 Å². The third-order valence-corrected chi connectivity index (χ3v) is 11.0. The average molecular weight is 682 g/mol. The molecule has 0 unspecified atom stereocenters. The summed E-state index contributed by atoms with van der Waals surface area (Å²) in [7, 11) is 0. The van der Waals surface area contributed by atoms with Crippen molar-refractivity contribution in [1.29, 1.82) is 0 Å². The lowest BCUT2D eigenvalue weighted by Crippen LogP contribution is -2.32. The van der Waals surface area contributed by atoms with Gasteiger partial charge in [-0.2, -0.15) is 0 Å². The van der Waals surface area contributed by atoms with E-state index in [0.29, 0.717) is 0 Å². The molecular weight excluding hydrogens is 647 g/mol. The highest BCUT2D eigenvalue weighted by Gasteiger charge is 2.51. The third kappa shape index (κ3) is 4.72. The van der Waals surface area contributed by atoms with Gasteiger partial charge in [0.1, 0.15) is 17.3 Å². The van der Waals surface area contributed by atoms with Gasteiger partial charge < -0.3 is 4.74 Å². The Bertz CT molecular complexity index is 2680. The molecule has 0 saturated heterocycles. The second-order valence-corrected chi connectivity index (χ2v) is 14.1. The zero-order valence-corrected chi connectivity index (χ0v) is 29.8. The van der Waals surface area contributed by atoms with E-state index in [1.165, 1.54) is 33.4 Å². The Labute approximate surface area is 309 Å². The lowest BCUT2D eigenvalue weighted by atomic mass is 9.66. The van der Waals surface area contributed by atoms with Crippen LogP contribution in [-0.4, -0.2) is 15.0 Å². The Kier molecular flexibility index (Phi) is 7.02. The number of pyridine rings is 1. The van der Waals surface area contributed by atoms with Gasteiger partial charge in [-0.05, 0) is 102 Å². The van der Waals surface area contributed by atoms with Crippen LogP contribution in [-0.2, 0) is 5.41 Å². The standard InChI is InChI=1S/C49H35N3O/c1-30-25-26-50-31(2)48(30)35-21-23-37-39-27-34(44-29-45(52-32(3)51-44)38-16-8-7-15-36(38)33-13-5-4-6-14-33)22-24-40(39)49(43(37)28-35)41-17-9-11-19-46(41)53-47-20-12-10-18-42(47)49/h4-29H,1-3H3. The molecule has 1 aliphatic heterocycles. The number of para-hydroxylation sites is 2. The minimum Gasteiger partial charge on any atom is -0.457 e. The number of aromatic nitrogens is 3. The summed E-state index contributed by atoms with van der Waals surface area (Å²) < 4.78 is 6.62. The monoisotopic (exact) mass is 681 g/mol. The molecule has 252 valence electrons. The van der Waals surface area contributed by atoms with Crippen molar-refractivity contribution in [2.24, 2.45) is 0 Å². The number of rotatable bonds is 4. The Morgan fingerprint density at radius 1 is 0.453 bits per heavy atom. The van der Waals surface area contributed by atoms with Crippen LogP contribution in [0.1, 0.15) is 39.3 Å². The van der Waals surface area contributed by atoms with Crippen LogP contribution in [0, 0.1) is 20.8 Å². The highest BCUT2D eigenvalue weighted by molar-refractivity contribution is 5.92. The number of hydrogen-bond acceptors (Lipinski definition) is 4. The molecule has 0 saturated carbocycles. The topological polar surface area (TPSA) is 47.9 Å². The van der Waals surface area contributed by atoms with Gasteiger partial charge in [-0.15, -0.1) is 0 Å². The molecule has 0 fully saturated rings. The highest BCUT2D eigenvalue weighted by atomic mass is 16.5. The molecule has 1 spiro atoms. The van der Waals surface area contributed by atoms with Gasteiger partial charge in [0.15, 0.2) is 0 Å². The number of nitrogens with zero attached hydrogens (tertiary/aromatic N) is 3. The number of ether oxygens (including phenoxy) is 1. The van der Waals surface area contributed by atoms with Crippen LogP contribution < -0.4 is 4.74 Å². The summed E-state index contributed by atoms with van der Waals surface area (Å²) >= 11 is 0. The van der Waals surface area contributed by atoms with Gasteiger partial charge in [-0.1, -0.05) is 115 Å². The fourth-order valence-corrected chi connectivity index (χ4v) is 8.78. The molecule has 6 aromatic carbocycles. The van der Waals surface area contributed by atoms with E-state index in [4.69, 9.17) is 19.7 Å². The first-order valence-corrected chi connectivity index (χ1v) is 18.1. The largest absolute Gasteiger partial charge is 0.457 e. The molecule has 53 heavy (non-hydrogen) atoms. The summed E-state index contributed by atoms with van der Waals surface area (Å²) in [4.78, 5) is 14.7. The lowest BCUT2D eigenvalue weighted by molar-refractivity contribution is 0.436. The number of aryl methyl sites for hydroxylation is 3. The van der Waals surface area contributed by atoms with Crippen molar-refractivity contribution in [3.8, 4) is 67.4 Å². The summed E-state index contributed by atoms with van der Waals surface area (Å²) in [6, 6.07) is 54.1. The summed E-state index contributed by atoms with van der Waals surface area (Å²) in [5, 5.41) is 0. The number of hydrogen-bond donors (Lipinski definition) is 0. The molecular formula is C49H35N3O. The first-order valence-electron chi connectivity index (χ1n) is 18.1. The molecule has 0 N–H and O–H groups in total. The number of benzene rings is 6. The van der Waals surface area contributed by atoms with E-state index in [2.05, 4.69) is 166 Å². The molecule has 0 atom stereocenters. The maximum absolute atomic E-state index is 6.62. The first-order chi connectivity index (χ1) is 26.0. The Morgan fingerprint density at radius 3 is 1.87 bits per heavy atom.